The maximum atomic E-state index is 6.01. The Hall–Kier alpha value is -0.340. The van der Waals surface area contributed by atoms with Crippen molar-refractivity contribution in [1.82, 2.24) is 0 Å². The molecule has 0 saturated carbocycles. The van der Waals surface area contributed by atoms with E-state index in [1.54, 1.807) is 0 Å². The summed E-state index contributed by atoms with van der Waals surface area (Å²) in [4.78, 5) is 0. The molecule has 0 aromatic heterocycles. The number of nitrogens with one attached hydrogen (secondary N) is 1. The zero-order chi connectivity index (χ0) is 9.26. The molecule has 0 radical (unpaired) electrons. The van der Waals surface area contributed by atoms with Crippen LogP contribution in [-0.2, 0) is 0 Å². The second-order valence-corrected chi connectivity index (χ2v) is 4.77. The lowest BCUT2D eigenvalue weighted by Gasteiger charge is -2.27. The van der Waals surface area contributed by atoms with E-state index in [1.807, 2.05) is 23.9 Å². The van der Waals surface area contributed by atoms with Gasteiger partial charge in [0.05, 0.1) is 0 Å². The second-order valence-electron chi connectivity index (χ2n) is 3.29. The Labute approximate surface area is 87.9 Å². The van der Waals surface area contributed by atoms with Gasteiger partial charge in [0.15, 0.2) is 0 Å². The standard InChI is InChI=1S/C10H12ClNS/c1-7-9(11)3-2-4-10(7)12-8-5-13-6-8/h2-4,8,12H,5-6H2,1H3. The van der Waals surface area contributed by atoms with Crippen molar-refractivity contribution in [3.8, 4) is 0 Å². The van der Waals surface area contributed by atoms with Crippen molar-refractivity contribution in [3.05, 3.63) is 28.8 Å². The highest BCUT2D eigenvalue weighted by atomic mass is 35.5. The van der Waals surface area contributed by atoms with E-state index in [0.29, 0.717) is 6.04 Å². The number of hydrogen-bond donors (Lipinski definition) is 1. The summed E-state index contributed by atoms with van der Waals surface area (Å²) in [5.41, 5.74) is 2.33. The summed E-state index contributed by atoms with van der Waals surface area (Å²) in [5.74, 6) is 2.43. The van der Waals surface area contributed by atoms with E-state index in [1.165, 1.54) is 17.2 Å². The summed E-state index contributed by atoms with van der Waals surface area (Å²) in [6.45, 7) is 2.05. The normalized spacial score (nSPS) is 16.8. The first kappa shape index (κ1) is 9.22. The van der Waals surface area contributed by atoms with Gasteiger partial charge in [-0.15, -0.1) is 0 Å². The van der Waals surface area contributed by atoms with E-state index in [2.05, 4.69) is 18.3 Å². The molecule has 1 aromatic rings. The van der Waals surface area contributed by atoms with Crippen molar-refractivity contribution in [1.29, 1.82) is 0 Å². The quantitative estimate of drug-likeness (QED) is 0.810. The van der Waals surface area contributed by atoms with Crippen LogP contribution < -0.4 is 5.32 Å². The highest BCUT2D eigenvalue weighted by molar-refractivity contribution is 8.00. The molecule has 1 heterocycles. The number of anilines is 1. The molecule has 1 fully saturated rings. The molecular formula is C10H12ClNS. The van der Waals surface area contributed by atoms with Gasteiger partial charge in [0, 0.05) is 28.3 Å². The van der Waals surface area contributed by atoms with Crippen LogP contribution in [0.4, 0.5) is 5.69 Å². The summed E-state index contributed by atoms with van der Waals surface area (Å²) in [6.07, 6.45) is 0. The molecule has 13 heavy (non-hydrogen) atoms. The molecular weight excluding hydrogens is 202 g/mol. The lowest BCUT2D eigenvalue weighted by atomic mass is 10.2. The fourth-order valence-electron chi connectivity index (χ4n) is 1.30. The van der Waals surface area contributed by atoms with E-state index in [4.69, 9.17) is 11.6 Å². The highest BCUT2D eigenvalue weighted by Crippen LogP contribution is 2.27. The van der Waals surface area contributed by atoms with E-state index < -0.39 is 0 Å². The molecule has 1 aliphatic heterocycles. The average Bonchev–Trinajstić information content (AvgIpc) is 2.04. The molecule has 1 aliphatic rings. The SMILES string of the molecule is Cc1c(Cl)cccc1NC1CSC1. The first-order valence-electron chi connectivity index (χ1n) is 4.37. The molecule has 3 heteroatoms. The third-order valence-corrected chi connectivity index (χ3v) is 3.95. The Morgan fingerprint density at radius 1 is 1.46 bits per heavy atom. The molecule has 70 valence electrons. The Morgan fingerprint density at radius 3 is 2.85 bits per heavy atom. The van der Waals surface area contributed by atoms with Gasteiger partial charge in [-0.1, -0.05) is 17.7 Å². The minimum absolute atomic E-state index is 0.641. The average molecular weight is 214 g/mol. The van der Waals surface area contributed by atoms with Crippen molar-refractivity contribution in [2.45, 2.75) is 13.0 Å². The van der Waals surface area contributed by atoms with Crippen molar-refractivity contribution < 1.29 is 0 Å². The molecule has 1 saturated heterocycles. The Morgan fingerprint density at radius 2 is 2.23 bits per heavy atom. The van der Waals surface area contributed by atoms with E-state index in [-0.39, 0.29) is 0 Å². The lowest BCUT2D eigenvalue weighted by Crippen LogP contribution is -2.33. The summed E-state index contributed by atoms with van der Waals surface area (Å²) in [5, 5.41) is 4.33. The number of rotatable bonds is 2. The summed E-state index contributed by atoms with van der Waals surface area (Å²) >= 11 is 7.99. The number of hydrogen-bond acceptors (Lipinski definition) is 2. The summed E-state index contributed by atoms with van der Waals surface area (Å²) in [6, 6.07) is 6.65. The van der Waals surface area contributed by atoms with Gasteiger partial charge in [0.25, 0.3) is 0 Å². The van der Waals surface area contributed by atoms with Crippen LogP contribution in [0.3, 0.4) is 0 Å². The molecule has 0 amide bonds. The molecule has 2 rings (SSSR count). The van der Waals surface area contributed by atoms with E-state index in [0.717, 1.165) is 10.6 Å². The fourth-order valence-corrected chi connectivity index (χ4v) is 2.12. The second kappa shape index (κ2) is 3.81. The minimum atomic E-state index is 0.641. The van der Waals surface area contributed by atoms with Crippen LogP contribution in [-0.4, -0.2) is 17.5 Å². The third-order valence-electron chi connectivity index (χ3n) is 2.27. The molecule has 1 nitrogen and oxygen atoms in total. The van der Waals surface area contributed by atoms with Crippen LogP contribution in [0.2, 0.25) is 5.02 Å². The maximum Gasteiger partial charge on any atom is 0.0455 e. The zero-order valence-corrected chi connectivity index (χ0v) is 9.08. The topological polar surface area (TPSA) is 12.0 Å². The number of halogens is 1. The van der Waals surface area contributed by atoms with Crippen LogP contribution in [0, 0.1) is 6.92 Å². The monoisotopic (exact) mass is 213 g/mol. The predicted molar refractivity (Wildman–Crippen MR) is 60.9 cm³/mol. The predicted octanol–water partition coefficient (Wildman–Crippen LogP) is 3.18. The zero-order valence-electron chi connectivity index (χ0n) is 7.51. The first-order chi connectivity index (χ1) is 6.27. The van der Waals surface area contributed by atoms with Gasteiger partial charge in [-0.25, -0.2) is 0 Å². The van der Waals surface area contributed by atoms with Crippen LogP contribution in [0.5, 0.6) is 0 Å². The van der Waals surface area contributed by atoms with Gasteiger partial charge in [-0.2, -0.15) is 11.8 Å². The summed E-state index contributed by atoms with van der Waals surface area (Å²) in [7, 11) is 0. The van der Waals surface area contributed by atoms with Crippen molar-refractivity contribution in [2.75, 3.05) is 16.8 Å². The van der Waals surface area contributed by atoms with Gasteiger partial charge < -0.3 is 5.32 Å². The molecule has 0 unspecified atom stereocenters. The van der Waals surface area contributed by atoms with Gasteiger partial charge in [-0.05, 0) is 24.6 Å². The van der Waals surface area contributed by atoms with Gasteiger partial charge in [0.1, 0.15) is 0 Å². The molecule has 0 bridgehead atoms. The third kappa shape index (κ3) is 1.94. The number of thioether (sulfide) groups is 1. The minimum Gasteiger partial charge on any atom is -0.380 e. The molecule has 1 N–H and O–H groups in total. The smallest absolute Gasteiger partial charge is 0.0455 e. The maximum absolute atomic E-state index is 6.01. The van der Waals surface area contributed by atoms with Crippen LogP contribution in [0.15, 0.2) is 18.2 Å². The highest BCUT2D eigenvalue weighted by Gasteiger charge is 2.18. The lowest BCUT2D eigenvalue weighted by molar-refractivity contribution is 0.880. The Balaban J connectivity index is 2.14. The van der Waals surface area contributed by atoms with Crippen LogP contribution >= 0.6 is 23.4 Å². The Bertz CT molecular complexity index is 310. The summed E-state index contributed by atoms with van der Waals surface area (Å²) < 4.78 is 0. The van der Waals surface area contributed by atoms with Gasteiger partial charge in [-0.3, -0.25) is 0 Å². The molecule has 0 spiro atoms. The van der Waals surface area contributed by atoms with E-state index in [9.17, 15) is 0 Å². The van der Waals surface area contributed by atoms with Crippen LogP contribution in [0.25, 0.3) is 0 Å². The van der Waals surface area contributed by atoms with Crippen molar-refractivity contribution >= 4 is 29.1 Å². The van der Waals surface area contributed by atoms with Gasteiger partial charge in [0.2, 0.25) is 0 Å². The van der Waals surface area contributed by atoms with Gasteiger partial charge >= 0.3 is 0 Å². The largest absolute Gasteiger partial charge is 0.380 e. The van der Waals surface area contributed by atoms with Crippen molar-refractivity contribution in [2.24, 2.45) is 0 Å². The number of benzene rings is 1. The van der Waals surface area contributed by atoms with Crippen LogP contribution in [0.1, 0.15) is 5.56 Å². The van der Waals surface area contributed by atoms with Crippen molar-refractivity contribution in [3.63, 3.8) is 0 Å². The first-order valence-corrected chi connectivity index (χ1v) is 5.90. The molecule has 0 atom stereocenters. The van der Waals surface area contributed by atoms with E-state index >= 15 is 0 Å². The molecule has 1 aromatic carbocycles. The Kier molecular flexibility index (Phi) is 2.70. The molecule has 0 aliphatic carbocycles. The fraction of sp³-hybridized carbons (Fsp3) is 0.400.